The van der Waals surface area contributed by atoms with Gasteiger partial charge in [-0.25, -0.2) is 9.13 Å². The SMILES string of the molecule is CC/C=C\C/C=C\C/C=C\C/C=C\CCCCCCCCC(=O)OCC(COP(=O)(O)OCC(O)COP(=O)(O)OCC(COC(=O)CCCCCCC/C=C\C/C=C\CCC)OC(=O)CCCCCCC/C=C\CCCC)OC(=O)CCCCCCC/C=C\C/C=C\C/C=C\CC. The second-order valence-electron chi connectivity index (χ2n) is 24.8. The summed E-state index contributed by atoms with van der Waals surface area (Å²) < 4.78 is 68.4. The van der Waals surface area contributed by atoms with E-state index in [4.69, 9.17) is 37.0 Å². The van der Waals surface area contributed by atoms with Gasteiger partial charge in [0.15, 0.2) is 12.2 Å². The summed E-state index contributed by atoms with van der Waals surface area (Å²) in [6, 6.07) is 0. The summed E-state index contributed by atoms with van der Waals surface area (Å²) in [4.78, 5) is 72.8. The van der Waals surface area contributed by atoms with Crippen LogP contribution in [0.25, 0.3) is 0 Å². The van der Waals surface area contributed by atoms with Gasteiger partial charge in [-0.2, -0.15) is 0 Å². The summed E-state index contributed by atoms with van der Waals surface area (Å²) in [5, 5.41) is 10.6. The summed E-state index contributed by atoms with van der Waals surface area (Å²) in [7, 11) is -9.96. The molecular weight excluding hydrogens is 1280 g/mol. The Balaban J connectivity index is 5.35. The highest BCUT2D eigenvalue weighted by atomic mass is 31.2. The molecule has 0 aromatic heterocycles. The second-order valence-corrected chi connectivity index (χ2v) is 27.7. The van der Waals surface area contributed by atoms with Crippen LogP contribution in [0.1, 0.15) is 297 Å². The molecule has 0 aromatic rings. The highest BCUT2D eigenvalue weighted by molar-refractivity contribution is 7.47. The number of carbonyl (C=O) groups is 4. The summed E-state index contributed by atoms with van der Waals surface area (Å²) >= 11 is 0. The summed E-state index contributed by atoms with van der Waals surface area (Å²) in [5.74, 6) is -2.23. The van der Waals surface area contributed by atoms with Crippen LogP contribution in [0.5, 0.6) is 0 Å². The molecule has 0 aromatic carbocycles. The van der Waals surface area contributed by atoms with Crippen molar-refractivity contribution in [1.29, 1.82) is 0 Å². The van der Waals surface area contributed by atoms with Crippen molar-refractivity contribution in [3.8, 4) is 0 Å². The Bertz CT molecular complexity index is 2340. The molecular formula is C79H134O17P2. The van der Waals surface area contributed by atoms with Crippen molar-refractivity contribution < 1.29 is 80.2 Å². The topological polar surface area (TPSA) is 237 Å². The van der Waals surface area contributed by atoms with E-state index >= 15 is 0 Å². The smallest absolute Gasteiger partial charge is 0.462 e. The van der Waals surface area contributed by atoms with E-state index in [1.165, 1.54) is 12.8 Å². The Labute approximate surface area is 593 Å². The van der Waals surface area contributed by atoms with Gasteiger partial charge in [-0.05, 0) is 141 Å². The molecule has 98 heavy (non-hydrogen) atoms. The Hall–Kier alpha value is -4.54. The Morgan fingerprint density at radius 1 is 0.296 bits per heavy atom. The maximum absolute atomic E-state index is 13.1. The number of unbranched alkanes of at least 4 members (excludes halogenated alkanes) is 24. The lowest BCUT2D eigenvalue weighted by atomic mass is 10.1. The van der Waals surface area contributed by atoms with Crippen molar-refractivity contribution in [3.05, 3.63) is 122 Å². The minimum absolute atomic E-state index is 0.0694. The second kappa shape index (κ2) is 70.9. The van der Waals surface area contributed by atoms with Gasteiger partial charge in [0.1, 0.15) is 19.3 Å². The number of rotatable bonds is 70. The van der Waals surface area contributed by atoms with Gasteiger partial charge in [0.2, 0.25) is 0 Å². The van der Waals surface area contributed by atoms with Crippen LogP contribution in [0.3, 0.4) is 0 Å². The molecule has 0 radical (unpaired) electrons. The summed E-state index contributed by atoms with van der Waals surface area (Å²) in [6.07, 6.45) is 76.2. The first-order valence-corrected chi connectivity index (χ1v) is 40.8. The van der Waals surface area contributed by atoms with Gasteiger partial charge in [0.05, 0.1) is 26.4 Å². The molecule has 0 fully saturated rings. The molecule has 3 N–H and O–H groups in total. The molecule has 0 heterocycles. The highest BCUT2D eigenvalue weighted by Gasteiger charge is 2.30. The molecule has 0 bridgehead atoms. The highest BCUT2D eigenvalue weighted by Crippen LogP contribution is 2.45. The molecule has 0 aliphatic rings. The van der Waals surface area contributed by atoms with Crippen LogP contribution >= 0.6 is 15.6 Å². The van der Waals surface area contributed by atoms with Gasteiger partial charge >= 0.3 is 39.5 Å². The Kier molecular flexibility index (Phi) is 67.6. The van der Waals surface area contributed by atoms with Crippen molar-refractivity contribution in [1.82, 2.24) is 0 Å². The van der Waals surface area contributed by atoms with Crippen molar-refractivity contribution >= 4 is 39.5 Å². The van der Waals surface area contributed by atoms with Gasteiger partial charge in [-0.15, -0.1) is 0 Å². The maximum Gasteiger partial charge on any atom is 0.472 e. The number of aliphatic hydroxyl groups is 1. The number of ether oxygens (including phenoxy) is 4. The third kappa shape index (κ3) is 69.9. The van der Waals surface area contributed by atoms with E-state index in [0.29, 0.717) is 25.7 Å². The van der Waals surface area contributed by atoms with Crippen LogP contribution in [-0.2, 0) is 65.4 Å². The minimum Gasteiger partial charge on any atom is -0.462 e. The minimum atomic E-state index is -4.98. The van der Waals surface area contributed by atoms with Crippen molar-refractivity contribution in [2.45, 2.75) is 316 Å². The molecule has 0 rings (SSSR count). The lowest BCUT2D eigenvalue weighted by Crippen LogP contribution is -2.30. The maximum atomic E-state index is 13.1. The lowest BCUT2D eigenvalue weighted by molar-refractivity contribution is -0.161. The molecule has 5 atom stereocenters. The molecule has 0 spiro atoms. The zero-order valence-electron chi connectivity index (χ0n) is 61.2. The van der Waals surface area contributed by atoms with Crippen LogP contribution in [0.4, 0.5) is 0 Å². The number of phosphoric acid groups is 2. The van der Waals surface area contributed by atoms with Gasteiger partial charge in [-0.1, -0.05) is 252 Å². The number of esters is 4. The number of aliphatic hydroxyl groups excluding tert-OH is 1. The number of hydrogen-bond acceptors (Lipinski definition) is 15. The molecule has 562 valence electrons. The third-order valence-corrected chi connectivity index (χ3v) is 17.3. The van der Waals surface area contributed by atoms with E-state index in [1.54, 1.807) is 0 Å². The predicted molar refractivity (Wildman–Crippen MR) is 399 cm³/mol. The number of phosphoric ester groups is 2. The molecule has 5 unspecified atom stereocenters. The molecule has 0 aliphatic carbocycles. The zero-order valence-corrected chi connectivity index (χ0v) is 63.0. The first kappa shape index (κ1) is 93.5. The van der Waals surface area contributed by atoms with Gasteiger partial charge < -0.3 is 33.8 Å². The van der Waals surface area contributed by atoms with Crippen LogP contribution in [0.2, 0.25) is 0 Å². The van der Waals surface area contributed by atoms with Crippen LogP contribution in [0, 0.1) is 0 Å². The average molecular weight is 1420 g/mol. The fourth-order valence-corrected chi connectivity index (χ4v) is 11.2. The fourth-order valence-electron chi connectivity index (χ4n) is 9.66. The Morgan fingerprint density at radius 2 is 0.551 bits per heavy atom. The van der Waals surface area contributed by atoms with Gasteiger partial charge in [0, 0.05) is 25.7 Å². The lowest BCUT2D eigenvalue weighted by Gasteiger charge is -2.21. The summed E-state index contributed by atoms with van der Waals surface area (Å²) in [5.41, 5.74) is 0. The number of hydrogen-bond donors (Lipinski definition) is 3. The van der Waals surface area contributed by atoms with Crippen molar-refractivity contribution in [2.24, 2.45) is 0 Å². The van der Waals surface area contributed by atoms with E-state index in [-0.39, 0.29) is 25.7 Å². The van der Waals surface area contributed by atoms with E-state index in [1.807, 2.05) is 0 Å². The Morgan fingerprint density at radius 3 is 0.867 bits per heavy atom. The molecule has 0 aliphatic heterocycles. The largest absolute Gasteiger partial charge is 0.472 e. The summed E-state index contributed by atoms with van der Waals surface area (Å²) in [6.45, 7) is 4.48. The van der Waals surface area contributed by atoms with E-state index < -0.39 is 97.5 Å². The molecule has 17 nitrogen and oxygen atoms in total. The predicted octanol–water partition coefficient (Wildman–Crippen LogP) is 21.6. The molecule has 19 heteroatoms. The first-order chi connectivity index (χ1) is 47.7. The van der Waals surface area contributed by atoms with Crippen LogP contribution in [-0.4, -0.2) is 96.7 Å². The monoisotopic (exact) mass is 1420 g/mol. The number of allylic oxidation sites excluding steroid dienone is 20. The van der Waals surface area contributed by atoms with E-state index in [9.17, 15) is 43.2 Å². The zero-order chi connectivity index (χ0) is 71.8. The van der Waals surface area contributed by atoms with Crippen molar-refractivity contribution in [3.63, 3.8) is 0 Å². The quantitative estimate of drug-likeness (QED) is 0.0169. The third-order valence-electron chi connectivity index (χ3n) is 15.4. The molecule has 0 amide bonds. The standard InChI is InChI=1S/C79H134O17P2/c1-5-9-13-17-21-25-29-32-34-35-36-37-39-41-45-48-52-56-60-64-77(82)90-70-75(96-79(84)66-62-58-54-50-46-42-38-33-30-26-22-18-14-10-6-2)72-94-98(87,88)92-68-73(80)67-91-97(85,86)93-71-74(95-78(83)65-61-57-53-49-43-28-24-20-16-12-8-4)69-89-76(81)63-59-55-51-47-44-40-31-27-23-19-15-11-7-3/h9-10,13-15,19-22,24-27,31-34,36-38,73-75,80H,5-8,11-12,16-18,23,28-30,35,39-72H2,1-4H3,(H,85,86)(H,87,88)/b13-9-,14-10-,19-15-,24-20-,25-21-,26-22-,31-27-,34-32-,37-36-,38-33-. The number of carbonyl (C=O) groups excluding carboxylic acids is 4. The normalized spacial score (nSPS) is 14.6. The van der Waals surface area contributed by atoms with Crippen LogP contribution < -0.4 is 0 Å². The fraction of sp³-hybridized carbons (Fsp3) is 0.696. The van der Waals surface area contributed by atoms with Gasteiger partial charge in [-0.3, -0.25) is 37.3 Å². The van der Waals surface area contributed by atoms with E-state index in [2.05, 4.69) is 149 Å². The van der Waals surface area contributed by atoms with Crippen LogP contribution in [0.15, 0.2) is 122 Å². The van der Waals surface area contributed by atoms with E-state index in [0.717, 1.165) is 205 Å². The van der Waals surface area contributed by atoms with Gasteiger partial charge in [0.25, 0.3) is 0 Å². The first-order valence-electron chi connectivity index (χ1n) is 37.8. The van der Waals surface area contributed by atoms with Crippen molar-refractivity contribution in [2.75, 3.05) is 39.6 Å². The average Bonchev–Trinajstić information content (AvgIpc) is 0.992. The molecule has 0 saturated heterocycles. The molecule has 0 saturated carbocycles.